The standard InChI is InChI=1S/C19H29NO4/c1-7-23-17(21)16(18(22)24-8-2)14(3)20(19(4,5)6)15-12-10-9-11-13-15/h9-14,16H,7-8H2,1-6H3. The third-order valence-corrected chi connectivity index (χ3v) is 3.73. The molecule has 1 rings (SSSR count). The minimum atomic E-state index is -0.996. The lowest BCUT2D eigenvalue weighted by atomic mass is 9.93. The number of ether oxygens (including phenoxy) is 2. The molecule has 0 N–H and O–H groups in total. The zero-order chi connectivity index (χ0) is 18.3. The molecule has 0 saturated carbocycles. The van der Waals surface area contributed by atoms with Crippen LogP contribution in [0.4, 0.5) is 5.69 Å². The first kappa shape index (κ1) is 20.0. The number of hydrogen-bond acceptors (Lipinski definition) is 5. The number of carbonyl (C=O) groups is 2. The van der Waals surface area contributed by atoms with E-state index in [1.54, 1.807) is 13.8 Å². The number of carbonyl (C=O) groups excluding carboxylic acids is 2. The van der Waals surface area contributed by atoms with E-state index in [0.29, 0.717) is 0 Å². The van der Waals surface area contributed by atoms with Crippen molar-refractivity contribution in [2.24, 2.45) is 5.92 Å². The van der Waals surface area contributed by atoms with Crippen LogP contribution in [-0.4, -0.2) is 36.7 Å². The molecule has 0 spiro atoms. The number of benzene rings is 1. The van der Waals surface area contributed by atoms with Crippen LogP contribution in [-0.2, 0) is 19.1 Å². The number of esters is 2. The van der Waals surface area contributed by atoms with Gasteiger partial charge in [0.2, 0.25) is 0 Å². The van der Waals surface area contributed by atoms with E-state index in [2.05, 4.69) is 4.90 Å². The van der Waals surface area contributed by atoms with Crippen molar-refractivity contribution in [3.05, 3.63) is 30.3 Å². The lowest BCUT2D eigenvalue weighted by Gasteiger charge is -2.44. The smallest absolute Gasteiger partial charge is 0.322 e. The second-order valence-electron chi connectivity index (χ2n) is 6.60. The van der Waals surface area contributed by atoms with Crippen molar-refractivity contribution in [1.82, 2.24) is 0 Å². The summed E-state index contributed by atoms with van der Waals surface area (Å²) in [6, 6.07) is 9.33. The normalized spacial score (nSPS) is 12.6. The first-order chi connectivity index (χ1) is 11.2. The predicted molar refractivity (Wildman–Crippen MR) is 94.9 cm³/mol. The van der Waals surface area contributed by atoms with E-state index in [0.717, 1.165) is 5.69 Å². The van der Waals surface area contributed by atoms with E-state index >= 15 is 0 Å². The van der Waals surface area contributed by atoms with Gasteiger partial charge in [-0.15, -0.1) is 0 Å². The summed E-state index contributed by atoms with van der Waals surface area (Å²) in [5.74, 6) is -2.09. The van der Waals surface area contributed by atoms with Crippen LogP contribution in [0.1, 0.15) is 41.5 Å². The summed E-state index contributed by atoms with van der Waals surface area (Å²) in [6.45, 7) is 11.9. The lowest BCUT2D eigenvalue weighted by molar-refractivity contribution is -0.162. The molecule has 1 unspecified atom stereocenters. The highest BCUT2D eigenvalue weighted by Gasteiger charge is 2.41. The Bertz CT molecular complexity index is 518. The summed E-state index contributed by atoms with van der Waals surface area (Å²) in [6.07, 6.45) is 0. The van der Waals surface area contributed by atoms with Gasteiger partial charge in [-0.2, -0.15) is 0 Å². The molecule has 0 aliphatic carbocycles. The molecule has 0 aliphatic rings. The van der Waals surface area contributed by atoms with Gasteiger partial charge in [-0.25, -0.2) is 0 Å². The number of para-hydroxylation sites is 1. The van der Waals surface area contributed by atoms with Gasteiger partial charge in [0.25, 0.3) is 0 Å². The second-order valence-corrected chi connectivity index (χ2v) is 6.60. The molecule has 1 atom stereocenters. The van der Waals surface area contributed by atoms with E-state index in [-0.39, 0.29) is 18.8 Å². The molecule has 24 heavy (non-hydrogen) atoms. The van der Waals surface area contributed by atoms with Crippen molar-refractivity contribution < 1.29 is 19.1 Å². The molecule has 0 amide bonds. The van der Waals surface area contributed by atoms with Gasteiger partial charge in [-0.05, 0) is 53.7 Å². The number of rotatable bonds is 7. The van der Waals surface area contributed by atoms with Crippen LogP contribution in [0.5, 0.6) is 0 Å². The monoisotopic (exact) mass is 335 g/mol. The van der Waals surface area contributed by atoms with Gasteiger partial charge < -0.3 is 14.4 Å². The van der Waals surface area contributed by atoms with Gasteiger partial charge in [0.1, 0.15) is 0 Å². The lowest BCUT2D eigenvalue weighted by Crippen LogP contribution is -2.54. The predicted octanol–water partition coefficient (Wildman–Crippen LogP) is 3.42. The van der Waals surface area contributed by atoms with Gasteiger partial charge in [0.15, 0.2) is 5.92 Å². The molecule has 0 aliphatic heterocycles. The van der Waals surface area contributed by atoms with E-state index in [1.165, 1.54) is 0 Å². The van der Waals surface area contributed by atoms with Gasteiger partial charge >= 0.3 is 11.9 Å². The highest BCUT2D eigenvalue weighted by Crippen LogP contribution is 2.30. The zero-order valence-electron chi connectivity index (χ0n) is 15.5. The first-order valence-corrected chi connectivity index (χ1v) is 8.41. The van der Waals surface area contributed by atoms with Gasteiger partial charge in [0.05, 0.1) is 19.3 Å². The molecule has 0 aromatic heterocycles. The number of nitrogens with zero attached hydrogens (tertiary/aromatic N) is 1. The molecular formula is C19H29NO4. The van der Waals surface area contributed by atoms with Gasteiger partial charge in [-0.1, -0.05) is 18.2 Å². The van der Waals surface area contributed by atoms with Crippen LogP contribution < -0.4 is 4.90 Å². The maximum absolute atomic E-state index is 12.4. The van der Waals surface area contributed by atoms with E-state index in [1.807, 2.05) is 58.0 Å². The van der Waals surface area contributed by atoms with E-state index in [4.69, 9.17) is 9.47 Å². The van der Waals surface area contributed by atoms with Gasteiger partial charge in [-0.3, -0.25) is 9.59 Å². The minimum absolute atomic E-state index is 0.225. The van der Waals surface area contributed by atoms with Crippen LogP contribution in [0.15, 0.2) is 30.3 Å². The fourth-order valence-electron chi connectivity index (χ4n) is 2.93. The molecule has 0 fully saturated rings. The Labute approximate surface area is 144 Å². The Kier molecular flexibility index (Phi) is 7.26. The fourth-order valence-corrected chi connectivity index (χ4v) is 2.93. The molecule has 1 aromatic carbocycles. The molecule has 5 nitrogen and oxygen atoms in total. The minimum Gasteiger partial charge on any atom is -0.465 e. The van der Waals surface area contributed by atoms with Crippen LogP contribution in [0.25, 0.3) is 0 Å². The first-order valence-electron chi connectivity index (χ1n) is 8.41. The molecule has 0 heterocycles. The molecule has 0 bridgehead atoms. The molecule has 134 valence electrons. The maximum atomic E-state index is 12.4. The summed E-state index contributed by atoms with van der Waals surface area (Å²) in [4.78, 5) is 26.9. The Hall–Kier alpha value is -2.04. The fraction of sp³-hybridized carbons (Fsp3) is 0.579. The summed E-state index contributed by atoms with van der Waals surface area (Å²) in [5, 5.41) is 0. The number of anilines is 1. The summed E-state index contributed by atoms with van der Waals surface area (Å²) < 4.78 is 10.2. The quantitative estimate of drug-likeness (QED) is 0.564. The molecule has 5 heteroatoms. The second kappa shape index (κ2) is 8.71. The number of hydrogen-bond donors (Lipinski definition) is 0. The van der Waals surface area contributed by atoms with Crippen molar-refractivity contribution in [3.63, 3.8) is 0 Å². The van der Waals surface area contributed by atoms with Crippen LogP contribution in [0.2, 0.25) is 0 Å². The van der Waals surface area contributed by atoms with Crippen molar-refractivity contribution in [1.29, 1.82) is 0 Å². The Morgan fingerprint density at radius 2 is 1.46 bits per heavy atom. The van der Waals surface area contributed by atoms with Gasteiger partial charge in [0, 0.05) is 11.2 Å². The highest BCUT2D eigenvalue weighted by molar-refractivity contribution is 5.96. The van der Waals surface area contributed by atoms with Crippen molar-refractivity contribution in [2.75, 3.05) is 18.1 Å². The average Bonchev–Trinajstić information content (AvgIpc) is 2.47. The van der Waals surface area contributed by atoms with Crippen molar-refractivity contribution in [2.45, 2.75) is 53.1 Å². The Morgan fingerprint density at radius 3 is 1.83 bits per heavy atom. The van der Waals surface area contributed by atoms with E-state index < -0.39 is 23.9 Å². The summed E-state index contributed by atoms with van der Waals surface area (Å²) >= 11 is 0. The summed E-state index contributed by atoms with van der Waals surface area (Å²) in [5.41, 5.74) is 0.647. The Morgan fingerprint density at radius 1 is 1.00 bits per heavy atom. The average molecular weight is 335 g/mol. The van der Waals surface area contributed by atoms with Crippen LogP contribution in [0.3, 0.4) is 0 Å². The maximum Gasteiger partial charge on any atom is 0.322 e. The molecule has 1 aromatic rings. The van der Waals surface area contributed by atoms with Crippen LogP contribution >= 0.6 is 0 Å². The summed E-state index contributed by atoms with van der Waals surface area (Å²) in [7, 11) is 0. The van der Waals surface area contributed by atoms with E-state index in [9.17, 15) is 9.59 Å². The molecule has 0 saturated heterocycles. The van der Waals surface area contributed by atoms with Crippen molar-refractivity contribution in [3.8, 4) is 0 Å². The third-order valence-electron chi connectivity index (χ3n) is 3.73. The zero-order valence-corrected chi connectivity index (χ0v) is 15.5. The Balaban J connectivity index is 3.26. The van der Waals surface area contributed by atoms with Crippen molar-refractivity contribution >= 4 is 17.6 Å². The highest BCUT2D eigenvalue weighted by atomic mass is 16.6. The molecule has 0 radical (unpaired) electrons. The molecular weight excluding hydrogens is 306 g/mol. The largest absolute Gasteiger partial charge is 0.465 e. The van der Waals surface area contributed by atoms with Crippen LogP contribution in [0, 0.1) is 5.92 Å². The topological polar surface area (TPSA) is 55.8 Å². The SMILES string of the molecule is CCOC(=O)C(C(=O)OCC)C(C)N(c1ccccc1)C(C)(C)C. The third kappa shape index (κ3) is 4.98.